The van der Waals surface area contributed by atoms with Crippen molar-refractivity contribution in [3.8, 4) is 6.07 Å². The number of hydrogen-bond donors (Lipinski definition) is 1. The minimum Gasteiger partial charge on any atom is -0.321 e. The van der Waals surface area contributed by atoms with Crippen LogP contribution >= 0.6 is 11.6 Å². The van der Waals surface area contributed by atoms with Crippen LogP contribution in [0.2, 0.25) is 5.02 Å². The Bertz CT molecular complexity index is 382. The van der Waals surface area contributed by atoms with Crippen molar-refractivity contribution >= 4 is 11.6 Å². The number of nitriles is 1. The summed E-state index contributed by atoms with van der Waals surface area (Å²) in [6.07, 6.45) is 0.0459. The smallest absolute Gasteiger partial charge is 0.146 e. The summed E-state index contributed by atoms with van der Waals surface area (Å²) < 4.78 is 13.5. The van der Waals surface area contributed by atoms with E-state index in [-0.39, 0.29) is 17.0 Å². The van der Waals surface area contributed by atoms with Crippen LogP contribution in [-0.2, 0) is 5.54 Å². The van der Waals surface area contributed by atoms with Crippen molar-refractivity contribution in [2.75, 3.05) is 0 Å². The third-order valence-electron chi connectivity index (χ3n) is 2.01. The lowest BCUT2D eigenvalue weighted by Gasteiger charge is -2.22. The fourth-order valence-electron chi connectivity index (χ4n) is 1.20. The Morgan fingerprint density at radius 2 is 2.29 bits per heavy atom. The Morgan fingerprint density at radius 1 is 1.64 bits per heavy atom. The van der Waals surface area contributed by atoms with Crippen molar-refractivity contribution in [2.24, 2.45) is 5.73 Å². The maximum atomic E-state index is 13.5. The first-order valence-electron chi connectivity index (χ1n) is 4.09. The van der Waals surface area contributed by atoms with Gasteiger partial charge in [-0.05, 0) is 13.0 Å². The molecule has 1 rings (SSSR count). The van der Waals surface area contributed by atoms with Gasteiger partial charge in [0.2, 0.25) is 0 Å². The van der Waals surface area contributed by atoms with E-state index < -0.39 is 11.4 Å². The predicted molar refractivity (Wildman–Crippen MR) is 53.2 cm³/mol. The minimum atomic E-state index is -0.996. The Labute approximate surface area is 87.1 Å². The summed E-state index contributed by atoms with van der Waals surface area (Å²) in [5, 5.41) is 8.56. The number of rotatable bonds is 2. The molecule has 0 bridgehead atoms. The maximum absolute atomic E-state index is 13.5. The Hall–Kier alpha value is -1.11. The van der Waals surface area contributed by atoms with Crippen LogP contribution in [0.5, 0.6) is 0 Å². The van der Waals surface area contributed by atoms with E-state index in [1.165, 1.54) is 6.07 Å². The molecule has 2 N–H and O–H groups in total. The Kier molecular flexibility index (Phi) is 3.10. The molecule has 0 aliphatic carbocycles. The van der Waals surface area contributed by atoms with Gasteiger partial charge in [0.15, 0.2) is 0 Å². The van der Waals surface area contributed by atoms with Crippen LogP contribution in [0, 0.1) is 17.1 Å². The van der Waals surface area contributed by atoms with Gasteiger partial charge in [0.05, 0.1) is 23.1 Å². The molecule has 0 heterocycles. The van der Waals surface area contributed by atoms with E-state index in [1.807, 2.05) is 6.07 Å². The van der Waals surface area contributed by atoms with E-state index in [4.69, 9.17) is 22.6 Å². The highest BCUT2D eigenvalue weighted by Crippen LogP contribution is 2.27. The topological polar surface area (TPSA) is 49.8 Å². The number of halogens is 2. The van der Waals surface area contributed by atoms with Crippen LogP contribution < -0.4 is 5.73 Å². The highest BCUT2D eigenvalue weighted by molar-refractivity contribution is 6.30. The van der Waals surface area contributed by atoms with Gasteiger partial charge >= 0.3 is 0 Å². The lowest BCUT2D eigenvalue weighted by molar-refractivity contribution is 0.469. The first kappa shape index (κ1) is 11.0. The van der Waals surface area contributed by atoms with Gasteiger partial charge in [-0.1, -0.05) is 23.7 Å². The molecule has 1 aromatic rings. The van der Waals surface area contributed by atoms with Gasteiger partial charge in [-0.15, -0.1) is 0 Å². The molecule has 1 aromatic carbocycles. The van der Waals surface area contributed by atoms with Crippen molar-refractivity contribution in [3.63, 3.8) is 0 Å². The van der Waals surface area contributed by atoms with Crippen molar-refractivity contribution in [2.45, 2.75) is 18.9 Å². The molecule has 0 aromatic heterocycles. The molecular formula is C10H10ClFN2. The standard InChI is InChI=1S/C10H10ClFN2/c1-10(14,5-6-13)7-3-2-4-8(11)9(7)12/h2-4H,5,14H2,1H3/t10-/m1/s1. The van der Waals surface area contributed by atoms with E-state index in [1.54, 1.807) is 19.1 Å². The minimum absolute atomic E-state index is 0.0251. The molecule has 0 saturated heterocycles. The average Bonchev–Trinajstić information content (AvgIpc) is 2.09. The first-order chi connectivity index (χ1) is 6.49. The summed E-state index contributed by atoms with van der Waals surface area (Å²) in [5.74, 6) is -0.547. The van der Waals surface area contributed by atoms with Crippen LogP contribution in [-0.4, -0.2) is 0 Å². The fraction of sp³-hybridized carbons (Fsp3) is 0.300. The fourth-order valence-corrected chi connectivity index (χ4v) is 1.38. The second-order valence-corrected chi connectivity index (χ2v) is 3.76. The highest BCUT2D eigenvalue weighted by atomic mass is 35.5. The van der Waals surface area contributed by atoms with Crippen LogP contribution in [0.1, 0.15) is 18.9 Å². The molecule has 0 amide bonds. The van der Waals surface area contributed by atoms with Gasteiger partial charge in [0, 0.05) is 5.56 Å². The van der Waals surface area contributed by atoms with E-state index in [9.17, 15) is 4.39 Å². The zero-order valence-corrected chi connectivity index (χ0v) is 8.48. The van der Waals surface area contributed by atoms with E-state index in [0.29, 0.717) is 0 Å². The molecule has 14 heavy (non-hydrogen) atoms. The summed E-state index contributed by atoms with van der Waals surface area (Å²) in [4.78, 5) is 0. The molecule has 0 unspecified atom stereocenters. The van der Waals surface area contributed by atoms with Gasteiger partial charge in [0.25, 0.3) is 0 Å². The van der Waals surface area contributed by atoms with Gasteiger partial charge in [0.1, 0.15) is 5.82 Å². The molecule has 1 atom stereocenters. The number of hydrogen-bond acceptors (Lipinski definition) is 2. The number of nitrogens with two attached hydrogens (primary N) is 1. The quantitative estimate of drug-likeness (QED) is 0.819. The monoisotopic (exact) mass is 212 g/mol. The summed E-state index contributed by atoms with van der Waals surface area (Å²) in [6, 6.07) is 6.52. The van der Waals surface area contributed by atoms with Gasteiger partial charge in [-0.3, -0.25) is 0 Å². The lowest BCUT2D eigenvalue weighted by atomic mass is 9.90. The van der Waals surface area contributed by atoms with Crippen LogP contribution in [0.4, 0.5) is 4.39 Å². The number of nitrogens with zero attached hydrogens (tertiary/aromatic N) is 1. The Morgan fingerprint density at radius 3 is 2.86 bits per heavy atom. The average molecular weight is 213 g/mol. The summed E-state index contributed by atoms with van der Waals surface area (Å²) >= 11 is 5.61. The molecule has 74 valence electrons. The van der Waals surface area contributed by atoms with Crippen LogP contribution in [0.25, 0.3) is 0 Å². The van der Waals surface area contributed by atoms with Crippen molar-refractivity contribution in [1.29, 1.82) is 5.26 Å². The normalized spacial score (nSPS) is 14.5. The second kappa shape index (κ2) is 3.95. The van der Waals surface area contributed by atoms with Crippen LogP contribution in [0.15, 0.2) is 18.2 Å². The van der Waals surface area contributed by atoms with E-state index >= 15 is 0 Å². The predicted octanol–water partition coefficient (Wildman–Crippen LogP) is 2.57. The lowest BCUT2D eigenvalue weighted by Crippen LogP contribution is -2.33. The van der Waals surface area contributed by atoms with Crippen molar-refractivity contribution < 1.29 is 4.39 Å². The van der Waals surface area contributed by atoms with Crippen molar-refractivity contribution in [1.82, 2.24) is 0 Å². The van der Waals surface area contributed by atoms with Crippen molar-refractivity contribution in [3.05, 3.63) is 34.6 Å². The van der Waals surface area contributed by atoms with E-state index in [2.05, 4.69) is 0 Å². The molecular weight excluding hydrogens is 203 g/mol. The Balaban J connectivity index is 3.20. The van der Waals surface area contributed by atoms with Gasteiger partial charge < -0.3 is 5.73 Å². The second-order valence-electron chi connectivity index (χ2n) is 3.35. The third-order valence-corrected chi connectivity index (χ3v) is 2.31. The summed E-state index contributed by atoms with van der Waals surface area (Å²) in [6.45, 7) is 1.60. The molecule has 2 nitrogen and oxygen atoms in total. The zero-order chi connectivity index (χ0) is 10.8. The van der Waals surface area contributed by atoms with Gasteiger partial charge in [-0.25, -0.2) is 4.39 Å². The molecule has 0 aliphatic heterocycles. The summed E-state index contributed by atoms with van der Waals surface area (Å²) in [7, 11) is 0. The first-order valence-corrected chi connectivity index (χ1v) is 4.47. The summed E-state index contributed by atoms with van der Waals surface area (Å²) in [5.41, 5.74) is 5.07. The highest BCUT2D eigenvalue weighted by Gasteiger charge is 2.25. The molecule has 0 aliphatic rings. The van der Waals surface area contributed by atoms with Crippen LogP contribution in [0.3, 0.4) is 0 Å². The molecule has 4 heteroatoms. The molecule has 0 radical (unpaired) electrons. The third kappa shape index (κ3) is 2.03. The molecule has 0 spiro atoms. The van der Waals surface area contributed by atoms with Gasteiger partial charge in [-0.2, -0.15) is 5.26 Å². The number of benzene rings is 1. The maximum Gasteiger partial charge on any atom is 0.146 e. The largest absolute Gasteiger partial charge is 0.321 e. The SMILES string of the molecule is C[C@@](N)(CC#N)c1cccc(Cl)c1F. The van der Waals surface area contributed by atoms with E-state index in [0.717, 1.165) is 0 Å². The molecule has 0 fully saturated rings. The molecule has 0 saturated carbocycles. The zero-order valence-electron chi connectivity index (χ0n) is 7.72.